The number of nitrogen functional groups attached to an aromatic ring is 1. The van der Waals surface area contributed by atoms with Crippen LogP contribution in [-0.4, -0.2) is 0 Å². The first-order chi connectivity index (χ1) is 9.74. The van der Waals surface area contributed by atoms with Crippen LogP contribution in [0.5, 0.6) is 5.75 Å². The van der Waals surface area contributed by atoms with Crippen LogP contribution < -0.4 is 10.5 Å². The first-order valence-corrected chi connectivity index (χ1v) is 6.74. The van der Waals surface area contributed by atoms with E-state index in [1.807, 2.05) is 55.5 Å². The maximum absolute atomic E-state index is 6.11. The van der Waals surface area contributed by atoms with Crippen molar-refractivity contribution in [1.29, 1.82) is 0 Å². The SMILES string of the molecule is CC(Oc1cccc2ccccc12)c1ccc(N)cc1. The smallest absolute Gasteiger partial charge is 0.128 e. The quantitative estimate of drug-likeness (QED) is 0.703. The number of hydrogen-bond acceptors (Lipinski definition) is 2. The van der Waals surface area contributed by atoms with Crippen molar-refractivity contribution in [2.24, 2.45) is 0 Å². The van der Waals surface area contributed by atoms with Crippen LogP contribution in [0.1, 0.15) is 18.6 Å². The first kappa shape index (κ1) is 12.5. The minimum Gasteiger partial charge on any atom is -0.485 e. The monoisotopic (exact) mass is 263 g/mol. The number of anilines is 1. The Kier molecular flexibility index (Phi) is 3.30. The Hall–Kier alpha value is -2.48. The van der Waals surface area contributed by atoms with Crippen molar-refractivity contribution >= 4 is 16.5 Å². The predicted octanol–water partition coefficient (Wildman–Crippen LogP) is 4.56. The van der Waals surface area contributed by atoms with E-state index in [-0.39, 0.29) is 6.10 Å². The number of fused-ring (bicyclic) bond motifs is 1. The molecule has 1 atom stereocenters. The van der Waals surface area contributed by atoms with Crippen LogP contribution in [-0.2, 0) is 0 Å². The van der Waals surface area contributed by atoms with Crippen LogP contribution in [0.3, 0.4) is 0 Å². The fourth-order valence-electron chi connectivity index (χ4n) is 2.32. The first-order valence-electron chi connectivity index (χ1n) is 6.74. The highest BCUT2D eigenvalue weighted by Gasteiger charge is 2.09. The summed E-state index contributed by atoms with van der Waals surface area (Å²) in [4.78, 5) is 0. The van der Waals surface area contributed by atoms with Crippen LogP contribution >= 0.6 is 0 Å². The molecule has 0 radical (unpaired) electrons. The van der Waals surface area contributed by atoms with Gasteiger partial charge in [0.05, 0.1) is 0 Å². The molecule has 0 aromatic heterocycles. The molecule has 0 fully saturated rings. The fourth-order valence-corrected chi connectivity index (χ4v) is 2.32. The van der Waals surface area contributed by atoms with Crippen LogP contribution in [0.15, 0.2) is 66.7 Å². The van der Waals surface area contributed by atoms with Gasteiger partial charge in [0, 0.05) is 11.1 Å². The highest BCUT2D eigenvalue weighted by atomic mass is 16.5. The highest BCUT2D eigenvalue weighted by Crippen LogP contribution is 2.29. The molecule has 20 heavy (non-hydrogen) atoms. The third kappa shape index (κ3) is 2.45. The molecule has 100 valence electrons. The third-order valence-corrected chi connectivity index (χ3v) is 3.46. The Morgan fingerprint density at radius 2 is 1.55 bits per heavy atom. The summed E-state index contributed by atoms with van der Waals surface area (Å²) in [6, 6.07) is 22.2. The minimum atomic E-state index is -0.0126. The molecule has 0 heterocycles. The van der Waals surface area contributed by atoms with Gasteiger partial charge in [0.2, 0.25) is 0 Å². The van der Waals surface area contributed by atoms with E-state index in [0.717, 1.165) is 22.4 Å². The lowest BCUT2D eigenvalue weighted by atomic mass is 10.1. The molecule has 0 aliphatic rings. The second-order valence-electron chi connectivity index (χ2n) is 4.90. The Morgan fingerprint density at radius 1 is 0.850 bits per heavy atom. The van der Waals surface area contributed by atoms with Gasteiger partial charge in [-0.1, -0.05) is 48.5 Å². The molecular weight excluding hydrogens is 246 g/mol. The number of hydrogen-bond donors (Lipinski definition) is 1. The molecule has 2 nitrogen and oxygen atoms in total. The lowest BCUT2D eigenvalue weighted by Gasteiger charge is -2.17. The molecule has 0 saturated carbocycles. The molecule has 3 aromatic carbocycles. The van der Waals surface area contributed by atoms with Crippen molar-refractivity contribution in [3.63, 3.8) is 0 Å². The van der Waals surface area contributed by atoms with Gasteiger partial charge in [0.15, 0.2) is 0 Å². The zero-order valence-electron chi connectivity index (χ0n) is 11.4. The van der Waals surface area contributed by atoms with Crippen molar-refractivity contribution in [2.45, 2.75) is 13.0 Å². The minimum absolute atomic E-state index is 0.0126. The molecule has 0 aliphatic carbocycles. The molecule has 0 amide bonds. The molecule has 0 aliphatic heterocycles. The topological polar surface area (TPSA) is 35.2 Å². The van der Waals surface area contributed by atoms with Gasteiger partial charge in [-0.3, -0.25) is 0 Å². The third-order valence-electron chi connectivity index (χ3n) is 3.46. The Labute approximate surface area is 118 Å². The van der Waals surface area contributed by atoms with Gasteiger partial charge in [-0.25, -0.2) is 0 Å². The van der Waals surface area contributed by atoms with Crippen molar-refractivity contribution in [3.05, 3.63) is 72.3 Å². The highest BCUT2D eigenvalue weighted by molar-refractivity contribution is 5.88. The Morgan fingerprint density at radius 3 is 2.35 bits per heavy atom. The molecule has 1 unspecified atom stereocenters. The largest absolute Gasteiger partial charge is 0.485 e. The zero-order chi connectivity index (χ0) is 13.9. The second kappa shape index (κ2) is 5.25. The summed E-state index contributed by atoms with van der Waals surface area (Å²) in [7, 11) is 0. The van der Waals surface area contributed by atoms with E-state index in [2.05, 4.69) is 18.2 Å². The predicted molar refractivity (Wildman–Crippen MR) is 83.8 cm³/mol. The van der Waals surface area contributed by atoms with E-state index >= 15 is 0 Å². The second-order valence-corrected chi connectivity index (χ2v) is 4.90. The standard InChI is InChI=1S/C18H17NO/c1-13(14-9-11-16(19)12-10-14)20-18-8-4-6-15-5-2-3-7-17(15)18/h2-13H,19H2,1H3. The van der Waals surface area contributed by atoms with Gasteiger partial charge in [-0.15, -0.1) is 0 Å². The summed E-state index contributed by atoms with van der Waals surface area (Å²) in [6.07, 6.45) is -0.0126. The number of benzene rings is 3. The van der Waals surface area contributed by atoms with Gasteiger partial charge in [0.25, 0.3) is 0 Å². The lowest BCUT2D eigenvalue weighted by molar-refractivity contribution is 0.230. The molecular formula is C18H17NO. The van der Waals surface area contributed by atoms with E-state index in [1.165, 1.54) is 5.39 Å². The summed E-state index contributed by atoms with van der Waals surface area (Å²) in [5, 5.41) is 2.33. The zero-order valence-corrected chi connectivity index (χ0v) is 11.4. The molecule has 0 saturated heterocycles. The summed E-state index contributed by atoms with van der Waals surface area (Å²) >= 11 is 0. The van der Waals surface area contributed by atoms with Crippen molar-refractivity contribution in [2.75, 3.05) is 5.73 Å². The van der Waals surface area contributed by atoms with Crippen LogP contribution in [0.2, 0.25) is 0 Å². The molecule has 0 bridgehead atoms. The van der Waals surface area contributed by atoms with Crippen LogP contribution in [0.4, 0.5) is 5.69 Å². The van der Waals surface area contributed by atoms with Crippen molar-refractivity contribution in [1.82, 2.24) is 0 Å². The molecule has 3 aromatic rings. The van der Waals surface area contributed by atoms with E-state index in [1.54, 1.807) is 0 Å². The molecule has 2 heteroatoms. The van der Waals surface area contributed by atoms with Crippen molar-refractivity contribution < 1.29 is 4.74 Å². The van der Waals surface area contributed by atoms with Gasteiger partial charge in [-0.05, 0) is 36.1 Å². The van der Waals surface area contributed by atoms with Crippen LogP contribution in [0, 0.1) is 0 Å². The van der Waals surface area contributed by atoms with Gasteiger partial charge in [0.1, 0.15) is 11.9 Å². The summed E-state index contributed by atoms with van der Waals surface area (Å²) in [5.41, 5.74) is 7.60. The van der Waals surface area contributed by atoms with E-state index in [4.69, 9.17) is 10.5 Å². The molecule has 0 spiro atoms. The normalized spacial score (nSPS) is 12.2. The van der Waals surface area contributed by atoms with Gasteiger partial charge in [-0.2, -0.15) is 0 Å². The fraction of sp³-hybridized carbons (Fsp3) is 0.111. The molecule has 2 N–H and O–H groups in total. The van der Waals surface area contributed by atoms with E-state index in [9.17, 15) is 0 Å². The van der Waals surface area contributed by atoms with Gasteiger partial charge >= 0.3 is 0 Å². The molecule has 3 rings (SSSR count). The van der Waals surface area contributed by atoms with Crippen molar-refractivity contribution in [3.8, 4) is 5.75 Å². The van der Waals surface area contributed by atoms with E-state index < -0.39 is 0 Å². The average Bonchev–Trinajstić information content (AvgIpc) is 2.48. The van der Waals surface area contributed by atoms with Crippen LogP contribution in [0.25, 0.3) is 10.8 Å². The number of nitrogens with two attached hydrogens (primary N) is 1. The Balaban J connectivity index is 1.91. The maximum Gasteiger partial charge on any atom is 0.128 e. The van der Waals surface area contributed by atoms with E-state index in [0.29, 0.717) is 0 Å². The maximum atomic E-state index is 6.11. The Bertz CT molecular complexity index is 714. The number of ether oxygens (including phenoxy) is 1. The summed E-state index contributed by atoms with van der Waals surface area (Å²) < 4.78 is 6.11. The van der Waals surface area contributed by atoms with Gasteiger partial charge < -0.3 is 10.5 Å². The summed E-state index contributed by atoms with van der Waals surface area (Å²) in [5.74, 6) is 0.910. The lowest BCUT2D eigenvalue weighted by Crippen LogP contribution is -2.03. The number of rotatable bonds is 3. The summed E-state index contributed by atoms with van der Waals surface area (Å²) in [6.45, 7) is 2.05. The average molecular weight is 263 g/mol.